The van der Waals surface area contributed by atoms with E-state index < -0.39 is 0 Å². The lowest BCUT2D eigenvalue weighted by atomic mass is 9.97. The van der Waals surface area contributed by atoms with E-state index in [1.54, 1.807) is 7.05 Å². The molecule has 1 aromatic heterocycles. The number of hydrogen-bond acceptors (Lipinski definition) is 4. The molecule has 3 rings (SSSR count). The van der Waals surface area contributed by atoms with Gasteiger partial charge >= 0.3 is 0 Å². The van der Waals surface area contributed by atoms with Crippen LogP contribution in [0.1, 0.15) is 42.5 Å². The molecule has 0 spiro atoms. The molecule has 1 atom stereocenters. The van der Waals surface area contributed by atoms with Crippen LogP contribution >= 0.6 is 24.0 Å². The minimum Gasteiger partial charge on any atom is -0.378 e. The average molecular weight is 569 g/mol. The predicted molar refractivity (Wildman–Crippen MR) is 142 cm³/mol. The Kier molecular flexibility index (Phi) is 10.6. The number of aliphatic imine (C=N–C) groups is 1. The summed E-state index contributed by atoms with van der Waals surface area (Å²) in [5.74, 6) is 0.936. The lowest BCUT2D eigenvalue weighted by Crippen LogP contribution is -2.47. The van der Waals surface area contributed by atoms with Crippen molar-refractivity contribution in [1.82, 2.24) is 24.9 Å². The zero-order chi connectivity index (χ0) is 23.1. The van der Waals surface area contributed by atoms with E-state index in [2.05, 4.69) is 40.4 Å². The number of ether oxygens (including phenoxy) is 1. The Hall–Kier alpha value is -2.14. The van der Waals surface area contributed by atoms with Gasteiger partial charge in [-0.25, -0.2) is 0 Å². The molecule has 9 heteroatoms. The van der Waals surface area contributed by atoms with Crippen LogP contribution < -0.4 is 5.32 Å². The highest BCUT2D eigenvalue weighted by Crippen LogP contribution is 2.20. The molecular weight excluding hydrogens is 531 g/mol. The van der Waals surface area contributed by atoms with E-state index in [1.807, 2.05) is 54.0 Å². The van der Waals surface area contributed by atoms with Gasteiger partial charge in [0, 0.05) is 59.1 Å². The summed E-state index contributed by atoms with van der Waals surface area (Å²) in [6.07, 6.45) is 2.06. The number of carbonyl (C=O) groups excluding carboxylic acids is 1. The Balaban J connectivity index is 0.00000385. The predicted octanol–water partition coefficient (Wildman–Crippen LogP) is 2.81. The summed E-state index contributed by atoms with van der Waals surface area (Å²) in [5, 5.41) is 8.04. The second kappa shape index (κ2) is 12.9. The van der Waals surface area contributed by atoms with Crippen LogP contribution in [0.15, 0.2) is 41.5 Å². The molecule has 1 N–H and O–H groups in total. The van der Waals surface area contributed by atoms with Crippen molar-refractivity contribution in [3.63, 3.8) is 0 Å². The first-order chi connectivity index (χ1) is 15.4. The molecule has 1 amide bonds. The number of amides is 1. The van der Waals surface area contributed by atoms with Crippen LogP contribution in [-0.4, -0.2) is 78.4 Å². The number of nitrogens with zero attached hydrogens (tertiary/aromatic N) is 5. The minimum atomic E-state index is -0.288. The highest BCUT2D eigenvalue weighted by molar-refractivity contribution is 14.0. The summed E-state index contributed by atoms with van der Waals surface area (Å²) in [6.45, 7) is 7.92. The molecular formula is C24H37IN6O2. The molecule has 2 heterocycles. The molecule has 182 valence electrons. The number of aromatic nitrogens is 2. The Morgan fingerprint density at radius 1 is 1.24 bits per heavy atom. The van der Waals surface area contributed by atoms with Gasteiger partial charge in [0.15, 0.2) is 5.96 Å². The summed E-state index contributed by atoms with van der Waals surface area (Å²) < 4.78 is 7.29. The lowest BCUT2D eigenvalue weighted by molar-refractivity contribution is -0.136. The number of halogens is 1. The Labute approximate surface area is 214 Å². The fourth-order valence-corrected chi connectivity index (χ4v) is 4.11. The molecule has 0 aliphatic carbocycles. The fourth-order valence-electron chi connectivity index (χ4n) is 4.11. The van der Waals surface area contributed by atoms with E-state index in [9.17, 15) is 4.79 Å². The summed E-state index contributed by atoms with van der Waals surface area (Å²) in [7, 11) is 5.73. The van der Waals surface area contributed by atoms with Crippen molar-refractivity contribution >= 4 is 35.8 Å². The zero-order valence-electron chi connectivity index (χ0n) is 20.3. The van der Waals surface area contributed by atoms with Gasteiger partial charge in [0.2, 0.25) is 5.91 Å². The Morgan fingerprint density at radius 3 is 2.52 bits per heavy atom. The van der Waals surface area contributed by atoms with Gasteiger partial charge < -0.3 is 19.9 Å². The van der Waals surface area contributed by atoms with Crippen molar-refractivity contribution in [3.8, 4) is 0 Å². The third-order valence-corrected chi connectivity index (χ3v) is 5.75. The molecule has 2 aromatic rings. The van der Waals surface area contributed by atoms with Gasteiger partial charge in [-0.3, -0.25) is 14.5 Å². The van der Waals surface area contributed by atoms with E-state index in [-0.39, 0.29) is 35.8 Å². The summed E-state index contributed by atoms with van der Waals surface area (Å²) in [6, 6.07) is 9.96. The van der Waals surface area contributed by atoms with Crippen molar-refractivity contribution < 1.29 is 9.53 Å². The SMILES string of the molecule is CN=C(NCC(C(=O)N1CCOCC1)c1ccccc1)N(C)Cc1cn(C)nc1C(C)C.I. The van der Waals surface area contributed by atoms with Crippen molar-refractivity contribution in [1.29, 1.82) is 0 Å². The van der Waals surface area contributed by atoms with Crippen LogP contribution in [-0.2, 0) is 23.1 Å². The largest absolute Gasteiger partial charge is 0.378 e. The maximum Gasteiger partial charge on any atom is 0.232 e. The normalized spacial score (nSPS) is 15.2. The highest BCUT2D eigenvalue weighted by atomic mass is 127. The number of carbonyl (C=O) groups is 1. The van der Waals surface area contributed by atoms with E-state index in [4.69, 9.17) is 4.74 Å². The number of guanidine groups is 1. The minimum absolute atomic E-state index is 0. The molecule has 1 aliphatic rings. The smallest absolute Gasteiger partial charge is 0.232 e. The summed E-state index contributed by atoms with van der Waals surface area (Å²) in [4.78, 5) is 21.8. The van der Waals surface area contributed by atoms with E-state index >= 15 is 0 Å². The van der Waals surface area contributed by atoms with E-state index in [0.29, 0.717) is 45.3 Å². The fraction of sp³-hybridized carbons (Fsp3) is 0.542. The van der Waals surface area contributed by atoms with Crippen LogP contribution in [0, 0.1) is 0 Å². The number of nitrogens with one attached hydrogen (secondary N) is 1. The molecule has 1 fully saturated rings. The van der Waals surface area contributed by atoms with Crippen LogP contribution in [0.4, 0.5) is 0 Å². The number of morpholine rings is 1. The van der Waals surface area contributed by atoms with Crippen LogP contribution in [0.25, 0.3) is 0 Å². The average Bonchev–Trinajstić information content (AvgIpc) is 3.17. The van der Waals surface area contributed by atoms with Gasteiger partial charge in [-0.1, -0.05) is 44.2 Å². The molecule has 33 heavy (non-hydrogen) atoms. The highest BCUT2D eigenvalue weighted by Gasteiger charge is 2.27. The standard InChI is InChI=1S/C24H36N6O2.HI/c1-18(2)22-20(17-29(5)27-22)16-28(4)24(25-3)26-15-21(19-9-7-6-8-10-19)23(31)30-11-13-32-14-12-30;/h6-10,17-18,21H,11-16H2,1-5H3,(H,25,26);1H. The molecule has 0 saturated carbocycles. The van der Waals surface area contributed by atoms with Crippen LogP contribution in [0.3, 0.4) is 0 Å². The summed E-state index contributed by atoms with van der Waals surface area (Å²) >= 11 is 0. The topological polar surface area (TPSA) is 75.0 Å². The van der Waals surface area contributed by atoms with Gasteiger partial charge in [-0.05, 0) is 11.5 Å². The third kappa shape index (κ3) is 7.17. The lowest BCUT2D eigenvalue weighted by Gasteiger charge is -2.31. The molecule has 1 aromatic carbocycles. The number of hydrogen-bond donors (Lipinski definition) is 1. The van der Waals surface area contributed by atoms with Crippen molar-refractivity contribution in [2.45, 2.75) is 32.2 Å². The van der Waals surface area contributed by atoms with Gasteiger partial charge in [-0.2, -0.15) is 5.10 Å². The Morgan fingerprint density at radius 2 is 1.91 bits per heavy atom. The summed E-state index contributed by atoms with van der Waals surface area (Å²) in [5.41, 5.74) is 3.28. The molecule has 8 nitrogen and oxygen atoms in total. The van der Waals surface area contributed by atoms with Crippen LogP contribution in [0.2, 0.25) is 0 Å². The first-order valence-electron chi connectivity index (χ1n) is 11.3. The Bertz CT molecular complexity index is 909. The van der Waals surface area contributed by atoms with E-state index in [1.165, 1.54) is 5.56 Å². The van der Waals surface area contributed by atoms with Crippen molar-refractivity contribution in [2.75, 3.05) is 46.9 Å². The van der Waals surface area contributed by atoms with Gasteiger partial charge in [-0.15, -0.1) is 24.0 Å². The van der Waals surface area contributed by atoms with Crippen LogP contribution in [0.5, 0.6) is 0 Å². The maximum atomic E-state index is 13.3. The maximum absolute atomic E-state index is 13.3. The van der Waals surface area contributed by atoms with Gasteiger partial charge in [0.1, 0.15) is 0 Å². The second-order valence-electron chi connectivity index (χ2n) is 8.55. The molecule has 1 saturated heterocycles. The third-order valence-electron chi connectivity index (χ3n) is 5.75. The van der Waals surface area contributed by atoms with E-state index in [0.717, 1.165) is 17.2 Å². The molecule has 1 aliphatic heterocycles. The molecule has 0 radical (unpaired) electrons. The van der Waals surface area contributed by atoms with Crippen molar-refractivity contribution in [2.24, 2.45) is 12.0 Å². The number of rotatable bonds is 7. The second-order valence-corrected chi connectivity index (χ2v) is 8.55. The van der Waals surface area contributed by atoms with Gasteiger partial charge in [0.05, 0.1) is 24.8 Å². The first-order valence-corrected chi connectivity index (χ1v) is 11.3. The monoisotopic (exact) mass is 568 g/mol. The number of aryl methyl sites for hydroxylation is 1. The molecule has 0 bridgehead atoms. The van der Waals surface area contributed by atoms with Gasteiger partial charge in [0.25, 0.3) is 0 Å². The quantitative estimate of drug-likeness (QED) is 0.316. The first kappa shape index (κ1) is 27.1. The zero-order valence-corrected chi connectivity index (χ0v) is 22.7. The molecule has 1 unspecified atom stereocenters. The van der Waals surface area contributed by atoms with Crippen molar-refractivity contribution in [3.05, 3.63) is 53.3 Å². The number of benzene rings is 1.